The van der Waals surface area contributed by atoms with Crippen LogP contribution >= 0.6 is 0 Å². The van der Waals surface area contributed by atoms with Gasteiger partial charge in [0.1, 0.15) is 11.5 Å². The molecule has 1 aliphatic rings. The molecule has 7 nitrogen and oxygen atoms in total. The molecule has 2 heterocycles. The number of amides is 1. The number of rotatable bonds is 4. The summed E-state index contributed by atoms with van der Waals surface area (Å²) in [7, 11) is -1.83. The molecule has 0 aromatic carbocycles. The molecule has 1 aromatic rings. The van der Waals surface area contributed by atoms with E-state index in [0.717, 1.165) is 19.1 Å². The number of aromatic nitrogens is 2. The van der Waals surface area contributed by atoms with E-state index < -0.39 is 9.84 Å². The lowest BCUT2D eigenvalue weighted by Crippen LogP contribution is -2.41. The highest BCUT2D eigenvalue weighted by atomic mass is 32.2. The number of H-pyrrole nitrogens is 1. The molecule has 1 aromatic heterocycles. The molecule has 112 valence electrons. The molecule has 1 N–H and O–H groups in total. The second-order valence-corrected chi connectivity index (χ2v) is 7.02. The zero-order valence-corrected chi connectivity index (χ0v) is 12.4. The molecule has 1 aliphatic heterocycles. The summed E-state index contributed by atoms with van der Waals surface area (Å²) in [6.45, 7) is 1.22. The number of sulfone groups is 1. The number of nitrogens with zero attached hydrogens (tertiary/aromatic N) is 2. The Kier molecular flexibility index (Phi) is 4.44. The van der Waals surface area contributed by atoms with Crippen LogP contribution in [0.3, 0.4) is 0 Å². The summed E-state index contributed by atoms with van der Waals surface area (Å²) in [6, 6.07) is 0. The number of carbonyl (C=O) groups excluding carboxylic acids is 1. The van der Waals surface area contributed by atoms with Gasteiger partial charge in [0.05, 0.1) is 11.9 Å². The predicted molar refractivity (Wildman–Crippen MR) is 72.1 cm³/mol. The van der Waals surface area contributed by atoms with Gasteiger partial charge in [0, 0.05) is 32.4 Å². The number of likely N-dealkylation sites (tertiary alicyclic amines) is 1. The van der Waals surface area contributed by atoms with Crippen LogP contribution in [0, 0.1) is 0 Å². The van der Waals surface area contributed by atoms with Gasteiger partial charge in [-0.25, -0.2) is 8.42 Å². The molecule has 1 fully saturated rings. The first kappa shape index (κ1) is 15.0. The first-order chi connectivity index (χ1) is 9.43. The van der Waals surface area contributed by atoms with Crippen LogP contribution in [0.1, 0.15) is 24.5 Å². The monoisotopic (exact) mass is 301 g/mol. The average Bonchev–Trinajstić information content (AvgIpc) is 2.88. The quantitative estimate of drug-likeness (QED) is 0.855. The molecule has 2 rings (SSSR count). The fraction of sp³-hybridized carbons (Fsp3) is 0.667. The van der Waals surface area contributed by atoms with Gasteiger partial charge in [-0.15, -0.1) is 0 Å². The van der Waals surface area contributed by atoms with Crippen molar-refractivity contribution < 1.29 is 17.9 Å². The Morgan fingerprint density at radius 2 is 2.35 bits per heavy atom. The zero-order valence-electron chi connectivity index (χ0n) is 11.6. The van der Waals surface area contributed by atoms with Crippen molar-refractivity contribution in [2.24, 2.45) is 0 Å². The van der Waals surface area contributed by atoms with Crippen LogP contribution in [0.25, 0.3) is 0 Å². The Morgan fingerprint density at radius 3 is 3.00 bits per heavy atom. The minimum Gasteiger partial charge on any atom is -0.375 e. The molecule has 1 saturated heterocycles. The molecule has 1 amide bonds. The van der Waals surface area contributed by atoms with Crippen LogP contribution in [0.4, 0.5) is 0 Å². The molecule has 0 unspecified atom stereocenters. The van der Waals surface area contributed by atoms with Crippen LogP contribution in [-0.2, 0) is 19.4 Å². The van der Waals surface area contributed by atoms with Gasteiger partial charge in [-0.3, -0.25) is 9.89 Å². The standard InChI is InChI=1S/C12H19N3O4S/c1-19-8-11(16)15-5-3-4-9(7-15)12-10(6-13-14-12)20(2,17)18/h6,9H,3-5,7-8H2,1-2H3,(H,13,14)/t9-/m0/s1. The highest BCUT2D eigenvalue weighted by Crippen LogP contribution is 2.29. The maximum absolute atomic E-state index is 11.9. The molecule has 0 radical (unpaired) electrons. The van der Waals surface area contributed by atoms with Crippen LogP contribution in [0.2, 0.25) is 0 Å². The van der Waals surface area contributed by atoms with Gasteiger partial charge in [-0.1, -0.05) is 0 Å². The maximum Gasteiger partial charge on any atom is 0.248 e. The van der Waals surface area contributed by atoms with Crippen molar-refractivity contribution in [3.05, 3.63) is 11.9 Å². The third kappa shape index (κ3) is 3.18. The number of piperidine rings is 1. The van der Waals surface area contributed by atoms with Crippen molar-refractivity contribution in [1.82, 2.24) is 15.1 Å². The van der Waals surface area contributed by atoms with E-state index in [1.165, 1.54) is 13.3 Å². The Labute approximate surface area is 118 Å². The first-order valence-corrected chi connectivity index (χ1v) is 8.32. The third-order valence-corrected chi connectivity index (χ3v) is 4.61. The van der Waals surface area contributed by atoms with Crippen LogP contribution in [0.5, 0.6) is 0 Å². The number of hydrogen-bond acceptors (Lipinski definition) is 5. The summed E-state index contributed by atoms with van der Waals surface area (Å²) >= 11 is 0. The summed E-state index contributed by atoms with van der Waals surface area (Å²) in [5, 5.41) is 6.61. The molecule has 0 saturated carbocycles. The van der Waals surface area contributed by atoms with Gasteiger partial charge >= 0.3 is 0 Å². The van der Waals surface area contributed by atoms with Crippen LogP contribution in [-0.4, -0.2) is 62.5 Å². The smallest absolute Gasteiger partial charge is 0.248 e. The maximum atomic E-state index is 11.9. The highest BCUT2D eigenvalue weighted by molar-refractivity contribution is 7.90. The second kappa shape index (κ2) is 5.92. The van der Waals surface area contributed by atoms with Gasteiger partial charge in [0.2, 0.25) is 5.91 Å². The summed E-state index contributed by atoms with van der Waals surface area (Å²) in [5.74, 6) is -0.102. The lowest BCUT2D eigenvalue weighted by Gasteiger charge is -2.32. The second-order valence-electron chi connectivity index (χ2n) is 5.03. The lowest BCUT2D eigenvalue weighted by molar-refractivity contribution is -0.136. The zero-order chi connectivity index (χ0) is 14.8. The topological polar surface area (TPSA) is 92.4 Å². The Morgan fingerprint density at radius 1 is 1.60 bits per heavy atom. The van der Waals surface area contributed by atoms with Gasteiger partial charge in [-0.05, 0) is 12.8 Å². The number of aromatic amines is 1. The predicted octanol–water partition coefficient (Wildman–Crippen LogP) is 0.166. The van der Waals surface area contributed by atoms with E-state index in [1.54, 1.807) is 4.90 Å². The van der Waals surface area contributed by atoms with E-state index >= 15 is 0 Å². The van der Waals surface area contributed by atoms with E-state index in [2.05, 4.69) is 10.2 Å². The lowest BCUT2D eigenvalue weighted by atomic mass is 9.95. The Balaban J connectivity index is 2.18. The number of carbonyl (C=O) groups is 1. The summed E-state index contributed by atoms with van der Waals surface area (Å²) in [4.78, 5) is 13.8. The summed E-state index contributed by atoms with van der Waals surface area (Å²) < 4.78 is 28.3. The van der Waals surface area contributed by atoms with E-state index in [1.807, 2.05) is 0 Å². The fourth-order valence-electron chi connectivity index (χ4n) is 2.53. The van der Waals surface area contributed by atoms with Gasteiger partial charge in [0.15, 0.2) is 9.84 Å². The molecule has 1 atom stereocenters. The number of nitrogens with one attached hydrogen (secondary N) is 1. The first-order valence-electron chi connectivity index (χ1n) is 6.43. The van der Waals surface area contributed by atoms with E-state index in [9.17, 15) is 13.2 Å². The molecule has 0 bridgehead atoms. The number of ether oxygens (including phenoxy) is 1. The molecule has 0 aliphatic carbocycles. The van der Waals surface area contributed by atoms with Crippen LogP contribution in [0.15, 0.2) is 11.1 Å². The fourth-order valence-corrected chi connectivity index (χ4v) is 3.38. The summed E-state index contributed by atoms with van der Waals surface area (Å²) in [6.07, 6.45) is 4.17. The van der Waals surface area contributed by atoms with Crippen molar-refractivity contribution in [3.8, 4) is 0 Å². The normalized spacial score (nSPS) is 20.1. The van der Waals surface area contributed by atoms with Gasteiger partial charge in [0.25, 0.3) is 0 Å². The van der Waals surface area contributed by atoms with Crippen molar-refractivity contribution in [2.45, 2.75) is 23.7 Å². The number of hydrogen-bond donors (Lipinski definition) is 1. The van der Waals surface area contributed by atoms with Gasteiger partial charge in [-0.2, -0.15) is 5.10 Å². The SMILES string of the molecule is COCC(=O)N1CCC[C@H](c2[nH]ncc2S(C)(=O)=O)C1. The van der Waals surface area contributed by atoms with Crippen LogP contribution < -0.4 is 0 Å². The van der Waals surface area contributed by atoms with Crippen molar-refractivity contribution in [1.29, 1.82) is 0 Å². The third-order valence-electron chi connectivity index (χ3n) is 3.48. The van der Waals surface area contributed by atoms with E-state index in [4.69, 9.17) is 4.74 Å². The van der Waals surface area contributed by atoms with Crippen molar-refractivity contribution in [2.75, 3.05) is 33.1 Å². The number of methoxy groups -OCH3 is 1. The minimum atomic E-state index is -3.31. The van der Waals surface area contributed by atoms with Crippen molar-refractivity contribution >= 4 is 15.7 Å². The van der Waals surface area contributed by atoms with E-state index in [-0.39, 0.29) is 23.3 Å². The van der Waals surface area contributed by atoms with Gasteiger partial charge < -0.3 is 9.64 Å². The Hall–Kier alpha value is -1.41. The molecule has 20 heavy (non-hydrogen) atoms. The Bertz CT molecular complexity index is 581. The average molecular weight is 301 g/mol. The molecule has 0 spiro atoms. The molecular formula is C12H19N3O4S. The van der Waals surface area contributed by atoms with E-state index in [0.29, 0.717) is 18.8 Å². The minimum absolute atomic E-state index is 0.0308. The molecular weight excluding hydrogens is 282 g/mol. The highest BCUT2D eigenvalue weighted by Gasteiger charge is 2.29. The largest absolute Gasteiger partial charge is 0.375 e. The molecule has 8 heteroatoms. The van der Waals surface area contributed by atoms with Crippen molar-refractivity contribution in [3.63, 3.8) is 0 Å². The summed E-state index contributed by atoms with van der Waals surface area (Å²) in [5.41, 5.74) is 0.599.